The van der Waals surface area contributed by atoms with Gasteiger partial charge in [-0.05, 0) is 36.6 Å². The van der Waals surface area contributed by atoms with Crippen LogP contribution in [0.2, 0.25) is 10.0 Å². The van der Waals surface area contributed by atoms with Gasteiger partial charge in [-0.25, -0.2) is 0 Å². The molecule has 1 aliphatic heterocycles. The molecule has 2 N–H and O–H groups in total. The third-order valence-corrected chi connectivity index (χ3v) is 4.39. The van der Waals surface area contributed by atoms with E-state index < -0.39 is 0 Å². The van der Waals surface area contributed by atoms with E-state index in [9.17, 15) is 4.79 Å². The summed E-state index contributed by atoms with van der Waals surface area (Å²) in [6.07, 6.45) is 3.51. The first-order valence-corrected chi connectivity index (χ1v) is 7.40. The van der Waals surface area contributed by atoms with Crippen LogP contribution in [0.4, 0.5) is 0 Å². The minimum atomic E-state index is -0.253. The molecule has 1 aliphatic rings. The fourth-order valence-electron chi connectivity index (χ4n) is 2.46. The SMILES string of the molecule is CC(CC(N)=O)N1CC=C(c2ccc(Cl)c(Cl)c2)CC1. The minimum absolute atomic E-state index is 0.180. The molecule has 0 saturated heterocycles. The fourth-order valence-corrected chi connectivity index (χ4v) is 2.76. The van der Waals surface area contributed by atoms with E-state index in [0.29, 0.717) is 16.5 Å². The Kier molecular flexibility index (Phi) is 5.08. The Morgan fingerprint density at radius 2 is 2.15 bits per heavy atom. The molecular formula is C15H18Cl2N2O. The number of nitrogens with zero attached hydrogens (tertiary/aromatic N) is 1. The summed E-state index contributed by atoms with van der Waals surface area (Å²) in [7, 11) is 0. The molecule has 0 fully saturated rings. The average Bonchev–Trinajstić information content (AvgIpc) is 2.41. The number of amides is 1. The highest BCUT2D eigenvalue weighted by atomic mass is 35.5. The summed E-state index contributed by atoms with van der Waals surface area (Å²) in [6.45, 7) is 3.77. The third-order valence-electron chi connectivity index (χ3n) is 3.65. The monoisotopic (exact) mass is 312 g/mol. The van der Waals surface area contributed by atoms with Crippen molar-refractivity contribution in [2.45, 2.75) is 25.8 Å². The number of rotatable bonds is 4. The number of benzene rings is 1. The summed E-state index contributed by atoms with van der Waals surface area (Å²) >= 11 is 12.0. The van der Waals surface area contributed by atoms with Crippen LogP contribution in [0.25, 0.3) is 5.57 Å². The highest BCUT2D eigenvalue weighted by Crippen LogP contribution is 2.29. The highest BCUT2D eigenvalue weighted by molar-refractivity contribution is 6.42. The van der Waals surface area contributed by atoms with Gasteiger partial charge in [0.15, 0.2) is 0 Å². The van der Waals surface area contributed by atoms with Gasteiger partial charge in [0.25, 0.3) is 0 Å². The first kappa shape index (κ1) is 15.4. The van der Waals surface area contributed by atoms with Gasteiger partial charge >= 0.3 is 0 Å². The Hall–Kier alpha value is -1.03. The maximum Gasteiger partial charge on any atom is 0.218 e. The van der Waals surface area contributed by atoms with E-state index in [1.807, 2.05) is 25.1 Å². The number of carbonyl (C=O) groups is 1. The molecule has 1 aromatic rings. The number of hydrogen-bond acceptors (Lipinski definition) is 2. The van der Waals surface area contributed by atoms with Gasteiger partial charge in [-0.3, -0.25) is 9.69 Å². The van der Waals surface area contributed by atoms with E-state index >= 15 is 0 Å². The number of halogens is 2. The maximum atomic E-state index is 11.0. The summed E-state index contributed by atoms with van der Waals surface area (Å²) in [5, 5.41) is 1.15. The molecule has 1 heterocycles. The second-order valence-electron chi connectivity index (χ2n) is 5.12. The van der Waals surface area contributed by atoms with Crippen molar-refractivity contribution in [3.63, 3.8) is 0 Å². The summed E-state index contributed by atoms with van der Waals surface area (Å²) in [5.74, 6) is -0.253. The molecule has 0 saturated carbocycles. The third kappa shape index (κ3) is 3.75. The Balaban J connectivity index is 2.05. The van der Waals surface area contributed by atoms with Gasteiger partial charge in [-0.2, -0.15) is 0 Å². The Morgan fingerprint density at radius 1 is 1.40 bits per heavy atom. The lowest BCUT2D eigenvalue weighted by atomic mass is 9.98. The topological polar surface area (TPSA) is 46.3 Å². The van der Waals surface area contributed by atoms with Crippen molar-refractivity contribution in [3.05, 3.63) is 39.9 Å². The Labute approximate surface area is 129 Å². The Bertz CT molecular complexity index is 543. The van der Waals surface area contributed by atoms with Gasteiger partial charge < -0.3 is 5.73 Å². The van der Waals surface area contributed by atoms with E-state index in [-0.39, 0.29) is 11.9 Å². The molecule has 0 aromatic heterocycles. The highest BCUT2D eigenvalue weighted by Gasteiger charge is 2.19. The molecule has 5 heteroatoms. The van der Waals surface area contributed by atoms with E-state index in [1.165, 1.54) is 5.57 Å². The number of nitrogens with two attached hydrogens (primary N) is 1. The van der Waals surface area contributed by atoms with E-state index in [0.717, 1.165) is 25.1 Å². The van der Waals surface area contributed by atoms with Crippen molar-refractivity contribution in [2.75, 3.05) is 13.1 Å². The van der Waals surface area contributed by atoms with Gasteiger partial charge in [0.1, 0.15) is 0 Å². The molecule has 1 unspecified atom stereocenters. The van der Waals surface area contributed by atoms with Gasteiger partial charge in [0.05, 0.1) is 10.0 Å². The molecule has 108 valence electrons. The van der Waals surface area contributed by atoms with Crippen LogP contribution in [0.1, 0.15) is 25.3 Å². The van der Waals surface area contributed by atoms with Crippen LogP contribution in [0.15, 0.2) is 24.3 Å². The first-order valence-electron chi connectivity index (χ1n) is 6.64. The van der Waals surface area contributed by atoms with Crippen molar-refractivity contribution >= 4 is 34.7 Å². The van der Waals surface area contributed by atoms with Crippen molar-refractivity contribution in [1.82, 2.24) is 4.90 Å². The van der Waals surface area contributed by atoms with Crippen LogP contribution in [0.5, 0.6) is 0 Å². The number of hydrogen-bond donors (Lipinski definition) is 1. The zero-order valence-corrected chi connectivity index (χ0v) is 12.9. The zero-order valence-electron chi connectivity index (χ0n) is 11.4. The minimum Gasteiger partial charge on any atom is -0.370 e. The summed E-state index contributed by atoms with van der Waals surface area (Å²) in [5.41, 5.74) is 7.62. The smallest absolute Gasteiger partial charge is 0.218 e. The summed E-state index contributed by atoms with van der Waals surface area (Å²) in [6, 6.07) is 5.89. The summed E-state index contributed by atoms with van der Waals surface area (Å²) < 4.78 is 0. The molecule has 20 heavy (non-hydrogen) atoms. The van der Waals surface area contributed by atoms with Crippen molar-refractivity contribution in [3.8, 4) is 0 Å². The molecule has 2 rings (SSSR count). The second-order valence-corrected chi connectivity index (χ2v) is 5.94. The van der Waals surface area contributed by atoms with Crippen LogP contribution >= 0.6 is 23.2 Å². The Morgan fingerprint density at radius 3 is 2.70 bits per heavy atom. The fraction of sp³-hybridized carbons (Fsp3) is 0.400. The molecule has 0 aliphatic carbocycles. The van der Waals surface area contributed by atoms with E-state index in [4.69, 9.17) is 28.9 Å². The molecule has 0 bridgehead atoms. The molecule has 3 nitrogen and oxygen atoms in total. The largest absolute Gasteiger partial charge is 0.370 e. The average molecular weight is 313 g/mol. The maximum absolute atomic E-state index is 11.0. The van der Waals surface area contributed by atoms with Gasteiger partial charge in [0.2, 0.25) is 5.91 Å². The van der Waals surface area contributed by atoms with Crippen molar-refractivity contribution < 1.29 is 4.79 Å². The normalized spacial score (nSPS) is 17.6. The van der Waals surface area contributed by atoms with Crippen molar-refractivity contribution in [1.29, 1.82) is 0 Å². The molecular weight excluding hydrogens is 295 g/mol. The van der Waals surface area contributed by atoms with Crippen LogP contribution in [0.3, 0.4) is 0 Å². The van der Waals surface area contributed by atoms with E-state index in [2.05, 4.69) is 11.0 Å². The molecule has 0 spiro atoms. The van der Waals surface area contributed by atoms with Crippen LogP contribution < -0.4 is 5.73 Å². The quantitative estimate of drug-likeness (QED) is 0.926. The lowest BCUT2D eigenvalue weighted by Crippen LogP contribution is -2.38. The van der Waals surface area contributed by atoms with Gasteiger partial charge in [0, 0.05) is 25.6 Å². The van der Waals surface area contributed by atoms with Crippen LogP contribution in [0, 0.1) is 0 Å². The zero-order chi connectivity index (χ0) is 14.7. The van der Waals surface area contributed by atoms with Crippen LogP contribution in [-0.2, 0) is 4.79 Å². The molecule has 1 atom stereocenters. The molecule has 1 amide bonds. The predicted molar refractivity (Wildman–Crippen MR) is 83.9 cm³/mol. The van der Waals surface area contributed by atoms with Gasteiger partial charge in [-0.15, -0.1) is 0 Å². The van der Waals surface area contributed by atoms with Crippen molar-refractivity contribution in [2.24, 2.45) is 5.73 Å². The van der Waals surface area contributed by atoms with Crippen LogP contribution in [-0.4, -0.2) is 29.9 Å². The lowest BCUT2D eigenvalue weighted by Gasteiger charge is -2.31. The summed E-state index contributed by atoms with van der Waals surface area (Å²) in [4.78, 5) is 13.2. The number of carbonyl (C=O) groups excluding carboxylic acids is 1. The number of primary amides is 1. The standard InChI is InChI=1S/C15H18Cl2N2O/c1-10(8-15(18)20)19-6-4-11(5-7-19)12-2-3-13(16)14(17)9-12/h2-4,9-10H,5-8H2,1H3,(H2,18,20). The van der Waals surface area contributed by atoms with E-state index in [1.54, 1.807) is 0 Å². The second kappa shape index (κ2) is 6.61. The first-order chi connectivity index (χ1) is 9.47. The lowest BCUT2D eigenvalue weighted by molar-refractivity contribution is -0.119. The predicted octanol–water partition coefficient (Wildman–Crippen LogP) is 3.35. The molecule has 0 radical (unpaired) electrons. The molecule has 1 aromatic carbocycles. The van der Waals surface area contributed by atoms with Gasteiger partial charge in [-0.1, -0.05) is 35.3 Å².